The van der Waals surface area contributed by atoms with Gasteiger partial charge in [-0.15, -0.1) is 0 Å². The van der Waals surface area contributed by atoms with Gasteiger partial charge in [-0.05, 0) is 23.1 Å². The monoisotopic (exact) mass is 207 g/mol. The molecule has 0 fully saturated rings. The first-order valence-electron chi connectivity index (χ1n) is 4.72. The van der Waals surface area contributed by atoms with E-state index < -0.39 is 0 Å². The average Bonchev–Trinajstić information content (AvgIpc) is 2.17. The van der Waals surface area contributed by atoms with E-state index in [1.54, 1.807) is 0 Å². The summed E-state index contributed by atoms with van der Waals surface area (Å²) in [5.41, 5.74) is 9.39. The van der Waals surface area contributed by atoms with Gasteiger partial charge < -0.3 is 10.5 Å². The molecule has 0 unspecified atom stereocenters. The van der Waals surface area contributed by atoms with E-state index in [1.165, 1.54) is 16.7 Å². The smallest absolute Gasteiger partial charge is 0.0771 e. The summed E-state index contributed by atoms with van der Waals surface area (Å²) in [5.74, 6) is 0. The molecule has 74 valence electrons. The largest absolute Gasteiger partial charge is 0.393 e. The fraction of sp³-hybridized carbons (Fsp3) is 0.364. The molecule has 14 heavy (non-hydrogen) atoms. The summed E-state index contributed by atoms with van der Waals surface area (Å²) in [6.07, 6.45) is 1.70. The van der Waals surface area contributed by atoms with Crippen molar-refractivity contribution in [3.05, 3.63) is 34.9 Å². The summed E-state index contributed by atoms with van der Waals surface area (Å²) >= 11 is 4.89. The van der Waals surface area contributed by atoms with Crippen LogP contribution < -0.4 is 5.73 Å². The summed E-state index contributed by atoms with van der Waals surface area (Å²) in [6.45, 7) is 1.56. The molecule has 0 saturated carbocycles. The van der Waals surface area contributed by atoms with E-state index in [4.69, 9.17) is 22.7 Å². The fourth-order valence-corrected chi connectivity index (χ4v) is 1.89. The minimum absolute atomic E-state index is 0.553. The molecular weight excluding hydrogens is 194 g/mol. The van der Waals surface area contributed by atoms with Crippen molar-refractivity contribution in [3.63, 3.8) is 0 Å². The number of hydrogen-bond donors (Lipinski definition) is 1. The molecular formula is C11H13NOS. The predicted octanol–water partition coefficient (Wildman–Crippen LogP) is 1.59. The number of benzene rings is 1. The van der Waals surface area contributed by atoms with Crippen LogP contribution in [0.2, 0.25) is 0 Å². The van der Waals surface area contributed by atoms with Crippen molar-refractivity contribution in [1.82, 2.24) is 0 Å². The van der Waals surface area contributed by atoms with Crippen molar-refractivity contribution in [1.29, 1.82) is 0 Å². The first kappa shape index (κ1) is 9.62. The Morgan fingerprint density at radius 3 is 3.07 bits per heavy atom. The zero-order valence-electron chi connectivity index (χ0n) is 7.95. The summed E-state index contributed by atoms with van der Waals surface area (Å²) < 4.78 is 5.37. The van der Waals surface area contributed by atoms with Crippen LogP contribution in [0.1, 0.15) is 16.7 Å². The molecule has 1 heterocycles. The Kier molecular flexibility index (Phi) is 2.79. The number of thiocarbonyl (C=S) groups is 1. The van der Waals surface area contributed by atoms with Crippen LogP contribution in [-0.2, 0) is 24.2 Å². The molecule has 1 aromatic rings. The third-order valence-electron chi connectivity index (χ3n) is 2.42. The van der Waals surface area contributed by atoms with Crippen LogP contribution in [0.3, 0.4) is 0 Å². The second-order valence-corrected chi connectivity index (χ2v) is 4.07. The van der Waals surface area contributed by atoms with E-state index >= 15 is 0 Å². The van der Waals surface area contributed by atoms with Crippen LogP contribution in [-0.4, -0.2) is 11.6 Å². The van der Waals surface area contributed by atoms with Crippen LogP contribution >= 0.6 is 12.2 Å². The normalized spacial score (nSPS) is 14.9. The van der Waals surface area contributed by atoms with Crippen LogP contribution in [0.5, 0.6) is 0 Å². The zero-order valence-corrected chi connectivity index (χ0v) is 8.77. The molecule has 0 aliphatic carbocycles. The lowest BCUT2D eigenvalue weighted by Gasteiger charge is -2.17. The maximum absolute atomic E-state index is 5.51. The molecule has 2 rings (SSSR count). The second-order valence-electron chi connectivity index (χ2n) is 3.55. The molecule has 0 saturated heterocycles. The van der Waals surface area contributed by atoms with Gasteiger partial charge in [0.15, 0.2) is 0 Å². The van der Waals surface area contributed by atoms with Gasteiger partial charge in [-0.25, -0.2) is 0 Å². The lowest BCUT2D eigenvalue weighted by atomic mass is 9.99. The molecule has 2 N–H and O–H groups in total. The van der Waals surface area contributed by atoms with Gasteiger partial charge in [0.2, 0.25) is 0 Å². The van der Waals surface area contributed by atoms with Crippen molar-refractivity contribution in [2.45, 2.75) is 19.4 Å². The summed E-state index contributed by atoms with van der Waals surface area (Å²) in [4.78, 5) is 0.553. The lowest BCUT2D eigenvalue weighted by Crippen LogP contribution is -2.13. The number of rotatable bonds is 2. The minimum Gasteiger partial charge on any atom is -0.393 e. The molecule has 1 aliphatic rings. The van der Waals surface area contributed by atoms with E-state index in [-0.39, 0.29) is 0 Å². The third-order valence-corrected chi connectivity index (χ3v) is 2.57. The topological polar surface area (TPSA) is 35.2 Å². The van der Waals surface area contributed by atoms with Gasteiger partial charge in [0.1, 0.15) is 0 Å². The molecule has 0 radical (unpaired) electrons. The molecule has 0 atom stereocenters. The van der Waals surface area contributed by atoms with Crippen LogP contribution in [0.15, 0.2) is 18.2 Å². The van der Waals surface area contributed by atoms with Gasteiger partial charge in [-0.3, -0.25) is 0 Å². The van der Waals surface area contributed by atoms with Crippen LogP contribution in [0.4, 0.5) is 0 Å². The molecule has 0 bridgehead atoms. The molecule has 1 aliphatic heterocycles. The fourth-order valence-electron chi connectivity index (χ4n) is 1.73. The Balaban J connectivity index is 2.24. The summed E-state index contributed by atoms with van der Waals surface area (Å²) in [6, 6.07) is 6.38. The van der Waals surface area contributed by atoms with Crippen LogP contribution in [0.25, 0.3) is 0 Å². The van der Waals surface area contributed by atoms with Gasteiger partial charge in [0.25, 0.3) is 0 Å². The van der Waals surface area contributed by atoms with E-state index in [1.807, 2.05) is 0 Å². The van der Waals surface area contributed by atoms with Crippen molar-refractivity contribution in [2.24, 2.45) is 5.73 Å². The number of fused-ring (bicyclic) bond motifs is 1. The Morgan fingerprint density at radius 1 is 1.43 bits per heavy atom. The maximum Gasteiger partial charge on any atom is 0.0771 e. The second kappa shape index (κ2) is 4.07. The van der Waals surface area contributed by atoms with E-state index in [0.717, 1.165) is 19.6 Å². The van der Waals surface area contributed by atoms with E-state index in [0.29, 0.717) is 11.4 Å². The minimum atomic E-state index is 0.553. The van der Waals surface area contributed by atoms with Crippen molar-refractivity contribution >= 4 is 17.2 Å². The Hall–Kier alpha value is -0.930. The summed E-state index contributed by atoms with van der Waals surface area (Å²) in [5, 5.41) is 0. The van der Waals surface area contributed by atoms with Crippen molar-refractivity contribution in [3.8, 4) is 0 Å². The number of hydrogen-bond acceptors (Lipinski definition) is 2. The first-order chi connectivity index (χ1) is 6.75. The first-order valence-corrected chi connectivity index (χ1v) is 5.13. The average molecular weight is 207 g/mol. The predicted molar refractivity (Wildman–Crippen MR) is 60.3 cm³/mol. The van der Waals surface area contributed by atoms with E-state index in [2.05, 4.69) is 18.2 Å². The lowest BCUT2D eigenvalue weighted by molar-refractivity contribution is 0.110. The highest BCUT2D eigenvalue weighted by atomic mass is 32.1. The Bertz CT molecular complexity index is 362. The number of nitrogens with two attached hydrogens (primary N) is 1. The van der Waals surface area contributed by atoms with Crippen LogP contribution in [0, 0.1) is 0 Å². The highest BCUT2D eigenvalue weighted by Gasteiger charge is 2.09. The van der Waals surface area contributed by atoms with Crippen molar-refractivity contribution < 1.29 is 4.74 Å². The Morgan fingerprint density at radius 2 is 2.29 bits per heavy atom. The van der Waals surface area contributed by atoms with Gasteiger partial charge in [-0.2, -0.15) is 0 Å². The van der Waals surface area contributed by atoms with Gasteiger partial charge >= 0.3 is 0 Å². The molecule has 3 heteroatoms. The van der Waals surface area contributed by atoms with Gasteiger partial charge in [-0.1, -0.05) is 30.4 Å². The van der Waals surface area contributed by atoms with Gasteiger partial charge in [0, 0.05) is 6.42 Å². The van der Waals surface area contributed by atoms with Gasteiger partial charge in [0.05, 0.1) is 18.2 Å². The zero-order chi connectivity index (χ0) is 9.97. The Labute approximate surface area is 89.1 Å². The number of ether oxygens (including phenoxy) is 1. The van der Waals surface area contributed by atoms with E-state index in [9.17, 15) is 0 Å². The highest BCUT2D eigenvalue weighted by molar-refractivity contribution is 7.80. The quantitative estimate of drug-likeness (QED) is 0.748. The molecule has 2 nitrogen and oxygen atoms in total. The molecule has 0 amide bonds. The highest BCUT2D eigenvalue weighted by Crippen LogP contribution is 2.18. The summed E-state index contributed by atoms with van der Waals surface area (Å²) in [7, 11) is 0. The third kappa shape index (κ3) is 2.11. The molecule has 0 spiro atoms. The van der Waals surface area contributed by atoms with Crippen molar-refractivity contribution in [2.75, 3.05) is 6.61 Å². The molecule has 1 aromatic carbocycles. The standard InChI is InChI=1S/C11H13NOS/c12-11(14)6-8-1-2-10-7-13-4-3-9(10)5-8/h1-2,5H,3-4,6-7H2,(H2,12,14). The molecule has 0 aromatic heterocycles. The maximum atomic E-state index is 5.51. The SMILES string of the molecule is NC(=S)Cc1ccc2c(c1)CCOC2.